The Balaban J connectivity index is 2.34. The van der Waals surface area contributed by atoms with Gasteiger partial charge in [-0.1, -0.05) is 12.1 Å². The molecule has 2 heteroatoms. The first-order valence-corrected chi connectivity index (χ1v) is 4.67. The fourth-order valence-corrected chi connectivity index (χ4v) is 1.72. The number of benzene rings is 1. The first-order chi connectivity index (χ1) is 6.42. The predicted octanol–water partition coefficient (Wildman–Crippen LogP) is 1.33. The summed E-state index contributed by atoms with van der Waals surface area (Å²) in [5.41, 5.74) is 8.19. The Morgan fingerprint density at radius 3 is 3.15 bits per heavy atom. The first kappa shape index (κ1) is 8.57. The maximum Gasteiger partial charge on any atom is 0.122 e. The molecule has 69 valence electrons. The van der Waals surface area contributed by atoms with Crippen LogP contribution >= 0.6 is 0 Å². The van der Waals surface area contributed by atoms with Crippen molar-refractivity contribution in [3.63, 3.8) is 0 Å². The average Bonchev–Trinajstić information content (AvgIpc) is 2.19. The summed E-state index contributed by atoms with van der Waals surface area (Å²) in [6.45, 7) is 1.44. The molecular formula is C11H14NO. The number of nitrogens with two attached hydrogens (primary N) is 1. The van der Waals surface area contributed by atoms with E-state index >= 15 is 0 Å². The summed E-state index contributed by atoms with van der Waals surface area (Å²) in [4.78, 5) is 0. The minimum Gasteiger partial charge on any atom is -0.493 e. The van der Waals surface area contributed by atoms with Crippen molar-refractivity contribution < 1.29 is 4.74 Å². The highest BCUT2D eigenvalue weighted by Gasteiger charge is 2.12. The van der Waals surface area contributed by atoms with Crippen molar-refractivity contribution in [2.24, 2.45) is 5.73 Å². The van der Waals surface area contributed by atoms with Crippen LogP contribution < -0.4 is 10.5 Å². The molecule has 2 nitrogen and oxygen atoms in total. The molecule has 1 aliphatic rings. The highest BCUT2D eigenvalue weighted by atomic mass is 16.5. The first-order valence-electron chi connectivity index (χ1n) is 4.67. The van der Waals surface area contributed by atoms with Crippen LogP contribution in [0.25, 0.3) is 0 Å². The molecule has 0 spiro atoms. The summed E-state index contributed by atoms with van der Waals surface area (Å²) in [5.74, 6) is 1.04. The van der Waals surface area contributed by atoms with E-state index in [-0.39, 0.29) is 0 Å². The van der Waals surface area contributed by atoms with E-state index in [1.807, 2.05) is 12.1 Å². The van der Waals surface area contributed by atoms with Crippen LogP contribution in [-0.4, -0.2) is 13.2 Å². The molecule has 0 fully saturated rings. The summed E-state index contributed by atoms with van der Waals surface area (Å²) in [6.07, 6.45) is 4.12. The van der Waals surface area contributed by atoms with E-state index in [1.54, 1.807) is 0 Å². The summed E-state index contributed by atoms with van der Waals surface area (Å²) < 4.78 is 5.51. The van der Waals surface area contributed by atoms with Gasteiger partial charge < -0.3 is 10.5 Å². The second kappa shape index (κ2) is 3.79. The summed E-state index contributed by atoms with van der Waals surface area (Å²) in [6, 6.07) is 6.20. The minimum absolute atomic E-state index is 0.705. The Kier molecular flexibility index (Phi) is 2.50. The normalized spacial score (nSPS) is 14.8. The van der Waals surface area contributed by atoms with E-state index in [0.29, 0.717) is 6.54 Å². The molecule has 2 rings (SSSR count). The summed E-state index contributed by atoms with van der Waals surface area (Å²) in [7, 11) is 0. The van der Waals surface area contributed by atoms with Gasteiger partial charge in [0.05, 0.1) is 6.61 Å². The van der Waals surface area contributed by atoms with Gasteiger partial charge in [0.1, 0.15) is 5.75 Å². The molecular weight excluding hydrogens is 162 g/mol. The molecule has 0 aromatic heterocycles. The van der Waals surface area contributed by atoms with Crippen LogP contribution in [0.2, 0.25) is 0 Å². The third-order valence-electron chi connectivity index (χ3n) is 2.35. The number of rotatable bonds is 2. The zero-order valence-corrected chi connectivity index (χ0v) is 7.62. The third-order valence-corrected chi connectivity index (χ3v) is 2.35. The van der Waals surface area contributed by atoms with Crippen molar-refractivity contribution in [1.82, 2.24) is 0 Å². The molecule has 1 aromatic carbocycles. The van der Waals surface area contributed by atoms with Gasteiger partial charge in [0.15, 0.2) is 0 Å². The lowest BCUT2D eigenvalue weighted by molar-refractivity contribution is 0.327. The van der Waals surface area contributed by atoms with Gasteiger partial charge in [0.2, 0.25) is 0 Å². The zero-order chi connectivity index (χ0) is 9.10. The van der Waals surface area contributed by atoms with Gasteiger partial charge in [0.25, 0.3) is 0 Å². The van der Waals surface area contributed by atoms with E-state index in [1.165, 1.54) is 11.1 Å². The van der Waals surface area contributed by atoms with Crippen LogP contribution in [0.4, 0.5) is 0 Å². The Hall–Kier alpha value is -1.02. The standard InChI is InChI=1S/C11H14NO/c12-7-6-9-3-1-5-11-10(9)4-2-8-13-11/h1-3,5H,4,6-8,12H2. The second-order valence-electron chi connectivity index (χ2n) is 3.24. The van der Waals surface area contributed by atoms with Crippen LogP contribution in [0.15, 0.2) is 18.2 Å². The van der Waals surface area contributed by atoms with Gasteiger partial charge in [-0.3, -0.25) is 0 Å². The number of hydrogen-bond donors (Lipinski definition) is 1. The van der Waals surface area contributed by atoms with Crippen LogP contribution in [0, 0.1) is 6.42 Å². The van der Waals surface area contributed by atoms with Crippen molar-refractivity contribution in [2.45, 2.75) is 12.8 Å². The third kappa shape index (κ3) is 1.68. The molecule has 0 atom stereocenters. The minimum atomic E-state index is 0.705. The smallest absolute Gasteiger partial charge is 0.122 e. The van der Waals surface area contributed by atoms with Crippen molar-refractivity contribution in [2.75, 3.05) is 13.2 Å². The van der Waals surface area contributed by atoms with Gasteiger partial charge in [-0.05, 0) is 36.6 Å². The zero-order valence-electron chi connectivity index (χ0n) is 7.62. The highest BCUT2D eigenvalue weighted by molar-refractivity contribution is 5.42. The van der Waals surface area contributed by atoms with Gasteiger partial charge in [-0.25, -0.2) is 0 Å². The van der Waals surface area contributed by atoms with Crippen LogP contribution in [-0.2, 0) is 12.8 Å². The number of ether oxygens (including phenoxy) is 1. The topological polar surface area (TPSA) is 35.2 Å². The maximum absolute atomic E-state index is 5.54. The van der Waals surface area contributed by atoms with Crippen LogP contribution in [0.1, 0.15) is 11.1 Å². The lowest BCUT2D eigenvalue weighted by Gasteiger charge is -2.19. The lowest BCUT2D eigenvalue weighted by atomic mass is 9.98. The highest BCUT2D eigenvalue weighted by Crippen LogP contribution is 2.27. The van der Waals surface area contributed by atoms with Crippen molar-refractivity contribution in [1.29, 1.82) is 0 Å². The van der Waals surface area contributed by atoms with Crippen molar-refractivity contribution in [3.05, 3.63) is 35.7 Å². The maximum atomic E-state index is 5.54. The second-order valence-corrected chi connectivity index (χ2v) is 3.24. The fourth-order valence-electron chi connectivity index (χ4n) is 1.72. The van der Waals surface area contributed by atoms with Gasteiger partial charge in [-0.15, -0.1) is 0 Å². The summed E-state index contributed by atoms with van der Waals surface area (Å²) in [5, 5.41) is 0. The van der Waals surface area contributed by atoms with E-state index in [0.717, 1.165) is 25.2 Å². The van der Waals surface area contributed by atoms with E-state index in [9.17, 15) is 0 Å². The van der Waals surface area contributed by atoms with Gasteiger partial charge in [-0.2, -0.15) is 0 Å². The molecule has 2 N–H and O–H groups in total. The fraction of sp³-hybridized carbons (Fsp3) is 0.364. The van der Waals surface area contributed by atoms with Gasteiger partial charge in [0, 0.05) is 6.42 Å². The molecule has 0 amide bonds. The van der Waals surface area contributed by atoms with Crippen LogP contribution in [0.3, 0.4) is 0 Å². The number of fused-ring (bicyclic) bond motifs is 1. The van der Waals surface area contributed by atoms with Crippen molar-refractivity contribution >= 4 is 0 Å². The molecule has 1 heterocycles. The van der Waals surface area contributed by atoms with E-state index < -0.39 is 0 Å². The van der Waals surface area contributed by atoms with E-state index in [4.69, 9.17) is 10.5 Å². The largest absolute Gasteiger partial charge is 0.493 e. The molecule has 0 saturated heterocycles. The number of hydrogen-bond acceptors (Lipinski definition) is 2. The Morgan fingerprint density at radius 1 is 1.38 bits per heavy atom. The lowest BCUT2D eigenvalue weighted by Crippen LogP contribution is -2.13. The molecule has 1 radical (unpaired) electrons. The summed E-state index contributed by atoms with van der Waals surface area (Å²) >= 11 is 0. The molecule has 0 aliphatic carbocycles. The SMILES string of the molecule is NCCc1cccc2c1C[CH]CO2. The Morgan fingerprint density at radius 2 is 2.31 bits per heavy atom. The molecule has 1 aromatic rings. The molecule has 0 unspecified atom stereocenters. The van der Waals surface area contributed by atoms with Crippen LogP contribution in [0.5, 0.6) is 5.75 Å². The monoisotopic (exact) mass is 176 g/mol. The molecule has 0 bridgehead atoms. The Labute approximate surface area is 78.7 Å². The molecule has 1 aliphatic heterocycles. The van der Waals surface area contributed by atoms with E-state index in [2.05, 4.69) is 12.5 Å². The van der Waals surface area contributed by atoms with Crippen molar-refractivity contribution in [3.8, 4) is 5.75 Å². The average molecular weight is 176 g/mol. The Bertz CT molecular complexity index is 296. The quantitative estimate of drug-likeness (QED) is 0.737. The molecule has 13 heavy (non-hydrogen) atoms. The van der Waals surface area contributed by atoms with Gasteiger partial charge >= 0.3 is 0 Å². The predicted molar refractivity (Wildman–Crippen MR) is 52.7 cm³/mol. The molecule has 0 saturated carbocycles.